The molecule has 0 radical (unpaired) electrons. The molecule has 0 unspecified atom stereocenters. The molecule has 1 heterocycles. The molecule has 0 aliphatic carbocycles. The van der Waals surface area contributed by atoms with Crippen LogP contribution < -0.4 is 0 Å². The summed E-state index contributed by atoms with van der Waals surface area (Å²) in [5, 5.41) is 1.59. The standard InChI is InChI=1S/C17H11ClF3NO2/c1-9(23)24-8-14-12-4-2-10(17(19,20)21)6-15(12)22-16-7-11(18)3-5-13(14)16/h2-7H,8H2,1H3. The first-order valence-electron chi connectivity index (χ1n) is 6.98. The Balaban J connectivity index is 2.30. The van der Waals surface area contributed by atoms with Crippen LogP contribution in [-0.2, 0) is 22.3 Å². The molecule has 1 aromatic heterocycles. The summed E-state index contributed by atoms with van der Waals surface area (Å²) in [5.74, 6) is -0.478. The maximum atomic E-state index is 12.9. The second kappa shape index (κ2) is 5.94. The van der Waals surface area contributed by atoms with E-state index in [0.717, 1.165) is 12.1 Å². The number of benzene rings is 2. The number of halogens is 4. The summed E-state index contributed by atoms with van der Waals surface area (Å²) < 4.78 is 43.8. The van der Waals surface area contributed by atoms with Crippen LogP contribution in [0.3, 0.4) is 0 Å². The van der Waals surface area contributed by atoms with Crippen LogP contribution in [0.15, 0.2) is 36.4 Å². The van der Waals surface area contributed by atoms with Gasteiger partial charge in [0.15, 0.2) is 0 Å². The second-order valence-electron chi connectivity index (χ2n) is 5.26. The fraction of sp³-hybridized carbons (Fsp3) is 0.176. The summed E-state index contributed by atoms with van der Waals surface area (Å²) in [6.07, 6.45) is -4.46. The van der Waals surface area contributed by atoms with Gasteiger partial charge in [0.1, 0.15) is 6.61 Å². The third kappa shape index (κ3) is 3.14. The van der Waals surface area contributed by atoms with Gasteiger partial charge < -0.3 is 4.74 Å². The summed E-state index contributed by atoms with van der Waals surface area (Å²) in [5.41, 5.74) is 0.413. The van der Waals surface area contributed by atoms with Crippen molar-refractivity contribution in [3.8, 4) is 0 Å². The normalized spacial score (nSPS) is 11.9. The van der Waals surface area contributed by atoms with Crippen LogP contribution in [0.4, 0.5) is 13.2 Å². The Morgan fingerprint density at radius 1 is 1.12 bits per heavy atom. The van der Waals surface area contributed by atoms with E-state index in [1.165, 1.54) is 13.0 Å². The van der Waals surface area contributed by atoms with E-state index in [2.05, 4.69) is 4.98 Å². The van der Waals surface area contributed by atoms with Gasteiger partial charge in [-0.3, -0.25) is 4.79 Å². The Morgan fingerprint density at radius 3 is 2.38 bits per heavy atom. The maximum absolute atomic E-state index is 12.9. The lowest BCUT2D eigenvalue weighted by Crippen LogP contribution is -2.06. The Bertz CT molecular complexity index is 954. The molecule has 3 rings (SSSR count). The molecule has 24 heavy (non-hydrogen) atoms. The van der Waals surface area contributed by atoms with Crippen molar-refractivity contribution in [2.24, 2.45) is 0 Å². The molecule has 0 saturated carbocycles. The summed E-state index contributed by atoms with van der Waals surface area (Å²) in [4.78, 5) is 15.4. The Labute approximate surface area is 140 Å². The number of carbonyl (C=O) groups is 1. The fourth-order valence-corrected chi connectivity index (χ4v) is 2.68. The smallest absolute Gasteiger partial charge is 0.416 e. The Kier molecular flexibility index (Phi) is 4.09. The highest BCUT2D eigenvalue weighted by molar-refractivity contribution is 6.31. The number of carbonyl (C=O) groups excluding carboxylic acids is 1. The van der Waals surface area contributed by atoms with Gasteiger partial charge in [-0.15, -0.1) is 0 Å². The molecule has 0 aliphatic heterocycles. The maximum Gasteiger partial charge on any atom is 0.416 e. The molecule has 0 saturated heterocycles. The molecule has 2 aromatic carbocycles. The van der Waals surface area contributed by atoms with Crippen molar-refractivity contribution < 1.29 is 22.7 Å². The largest absolute Gasteiger partial charge is 0.461 e. The highest BCUT2D eigenvalue weighted by Crippen LogP contribution is 2.34. The van der Waals surface area contributed by atoms with Crippen molar-refractivity contribution in [2.45, 2.75) is 19.7 Å². The van der Waals surface area contributed by atoms with E-state index in [0.29, 0.717) is 26.9 Å². The third-order valence-corrected chi connectivity index (χ3v) is 3.83. The van der Waals surface area contributed by atoms with E-state index in [1.54, 1.807) is 18.2 Å². The molecule has 0 atom stereocenters. The van der Waals surface area contributed by atoms with Crippen molar-refractivity contribution in [3.05, 3.63) is 52.5 Å². The van der Waals surface area contributed by atoms with Crippen LogP contribution in [0.2, 0.25) is 5.02 Å². The second-order valence-corrected chi connectivity index (χ2v) is 5.70. The number of alkyl halides is 3. The van der Waals surface area contributed by atoms with Crippen LogP contribution in [0, 0.1) is 0 Å². The van der Waals surface area contributed by atoms with E-state index in [-0.39, 0.29) is 12.1 Å². The summed E-state index contributed by atoms with van der Waals surface area (Å²) in [7, 11) is 0. The van der Waals surface area contributed by atoms with Crippen LogP contribution in [0.25, 0.3) is 21.8 Å². The number of pyridine rings is 1. The number of fused-ring (bicyclic) bond motifs is 2. The first kappa shape index (κ1) is 16.5. The molecule has 3 aromatic rings. The molecule has 0 N–H and O–H groups in total. The van der Waals surface area contributed by atoms with Crippen molar-refractivity contribution >= 4 is 39.4 Å². The number of aromatic nitrogens is 1. The van der Waals surface area contributed by atoms with Crippen molar-refractivity contribution in [2.75, 3.05) is 0 Å². The first-order chi connectivity index (χ1) is 11.3. The third-order valence-electron chi connectivity index (χ3n) is 3.60. The molecule has 0 fully saturated rings. The predicted octanol–water partition coefficient (Wildman–Crippen LogP) is 5.12. The van der Waals surface area contributed by atoms with E-state index in [9.17, 15) is 18.0 Å². The minimum absolute atomic E-state index is 0.0577. The minimum atomic E-state index is -4.46. The van der Waals surface area contributed by atoms with Gasteiger partial charge in [-0.25, -0.2) is 4.98 Å². The summed E-state index contributed by atoms with van der Waals surface area (Å²) in [6.45, 7) is 1.21. The van der Waals surface area contributed by atoms with Crippen molar-refractivity contribution in [3.63, 3.8) is 0 Å². The zero-order valence-electron chi connectivity index (χ0n) is 12.4. The monoisotopic (exact) mass is 353 g/mol. The topological polar surface area (TPSA) is 39.2 Å². The number of nitrogens with zero attached hydrogens (tertiary/aromatic N) is 1. The van der Waals surface area contributed by atoms with Crippen molar-refractivity contribution in [1.82, 2.24) is 4.98 Å². The lowest BCUT2D eigenvalue weighted by Gasteiger charge is -2.13. The van der Waals surface area contributed by atoms with Gasteiger partial charge in [-0.2, -0.15) is 13.2 Å². The molecule has 0 spiro atoms. The zero-order valence-corrected chi connectivity index (χ0v) is 13.2. The van der Waals surface area contributed by atoms with E-state index >= 15 is 0 Å². The molecular weight excluding hydrogens is 343 g/mol. The molecule has 3 nitrogen and oxygen atoms in total. The Hall–Kier alpha value is -2.34. The average molecular weight is 354 g/mol. The molecule has 124 valence electrons. The van der Waals surface area contributed by atoms with Crippen molar-refractivity contribution in [1.29, 1.82) is 0 Å². The summed E-state index contributed by atoms with van der Waals surface area (Å²) in [6, 6.07) is 8.24. The van der Waals surface area contributed by atoms with E-state index in [4.69, 9.17) is 16.3 Å². The lowest BCUT2D eigenvalue weighted by molar-refractivity contribution is -0.142. The fourth-order valence-electron chi connectivity index (χ4n) is 2.51. The van der Waals surface area contributed by atoms with Crippen LogP contribution in [0.5, 0.6) is 0 Å². The van der Waals surface area contributed by atoms with Crippen LogP contribution in [-0.4, -0.2) is 11.0 Å². The van der Waals surface area contributed by atoms with Gasteiger partial charge in [0, 0.05) is 28.3 Å². The average Bonchev–Trinajstić information content (AvgIpc) is 2.49. The van der Waals surface area contributed by atoms with Crippen LogP contribution in [0.1, 0.15) is 18.1 Å². The number of hydrogen-bond acceptors (Lipinski definition) is 3. The molecule has 0 amide bonds. The highest BCUT2D eigenvalue weighted by atomic mass is 35.5. The summed E-state index contributed by atoms with van der Waals surface area (Å²) >= 11 is 5.95. The quantitative estimate of drug-likeness (QED) is 0.474. The van der Waals surface area contributed by atoms with Gasteiger partial charge in [0.05, 0.1) is 16.6 Å². The minimum Gasteiger partial charge on any atom is -0.461 e. The highest BCUT2D eigenvalue weighted by Gasteiger charge is 2.30. The molecular formula is C17H11ClF3NO2. The van der Waals surface area contributed by atoms with Gasteiger partial charge in [0.25, 0.3) is 0 Å². The van der Waals surface area contributed by atoms with Crippen LogP contribution >= 0.6 is 11.6 Å². The zero-order chi connectivity index (χ0) is 17.5. The molecule has 7 heteroatoms. The van der Waals surface area contributed by atoms with E-state index < -0.39 is 17.7 Å². The Morgan fingerprint density at radius 2 is 1.75 bits per heavy atom. The number of rotatable bonds is 2. The number of esters is 1. The van der Waals surface area contributed by atoms with Gasteiger partial charge in [0.2, 0.25) is 0 Å². The number of ether oxygens (including phenoxy) is 1. The molecule has 0 bridgehead atoms. The van der Waals surface area contributed by atoms with E-state index in [1.807, 2.05) is 0 Å². The van der Waals surface area contributed by atoms with Gasteiger partial charge in [-0.05, 0) is 24.3 Å². The van der Waals surface area contributed by atoms with Gasteiger partial charge >= 0.3 is 12.1 Å². The lowest BCUT2D eigenvalue weighted by atomic mass is 10.0. The predicted molar refractivity (Wildman–Crippen MR) is 84.7 cm³/mol. The number of hydrogen-bond donors (Lipinski definition) is 0. The SMILES string of the molecule is CC(=O)OCc1c2ccc(Cl)cc2nc2cc(C(F)(F)F)ccc12. The van der Waals surface area contributed by atoms with Gasteiger partial charge in [-0.1, -0.05) is 23.7 Å². The first-order valence-corrected chi connectivity index (χ1v) is 7.36. The molecule has 0 aliphatic rings.